The van der Waals surface area contributed by atoms with Crippen molar-refractivity contribution in [3.8, 4) is 11.1 Å². The van der Waals surface area contributed by atoms with Gasteiger partial charge in [-0.25, -0.2) is 0 Å². The summed E-state index contributed by atoms with van der Waals surface area (Å²) in [6.07, 6.45) is 0. The highest BCUT2D eigenvalue weighted by Crippen LogP contribution is 2.34. The molecule has 1 aromatic heterocycles. The molecule has 148 valence electrons. The Morgan fingerprint density at radius 3 is 1.76 bits per heavy atom. The van der Waals surface area contributed by atoms with Gasteiger partial charge in [-0.1, -0.05) is 36.4 Å². The van der Waals surface area contributed by atoms with E-state index < -0.39 is 0 Å². The van der Waals surface area contributed by atoms with Crippen molar-refractivity contribution in [2.75, 3.05) is 38.1 Å². The molecule has 0 amide bonds. The highest BCUT2D eigenvalue weighted by atomic mass is 79.9. The van der Waals surface area contributed by atoms with Crippen LogP contribution in [0.3, 0.4) is 0 Å². The number of anilines is 1. The molecule has 0 spiro atoms. The van der Waals surface area contributed by atoms with E-state index in [0.29, 0.717) is 0 Å². The normalized spacial score (nSPS) is 14.9. The Hall–Kier alpha value is -2.43. The zero-order valence-corrected chi connectivity index (χ0v) is 18.6. The molecule has 0 radical (unpaired) electrons. The summed E-state index contributed by atoms with van der Waals surface area (Å²) in [6.45, 7) is 4.46. The van der Waals surface area contributed by atoms with Gasteiger partial charge in [0.05, 0.1) is 10.8 Å². The third kappa shape index (κ3) is 3.52. The average Bonchev–Trinajstić information content (AvgIpc) is 2.75. The van der Waals surface area contributed by atoms with Crippen molar-refractivity contribution >= 4 is 27.5 Å². The summed E-state index contributed by atoms with van der Waals surface area (Å²) in [6, 6.07) is 26.6. The van der Waals surface area contributed by atoms with Gasteiger partial charge in [0.2, 0.25) is 11.0 Å². The van der Waals surface area contributed by atoms with Gasteiger partial charge in [0.1, 0.15) is 7.05 Å². The summed E-state index contributed by atoms with van der Waals surface area (Å²) < 4.78 is 2.30. The van der Waals surface area contributed by atoms with Gasteiger partial charge in [0.15, 0.2) is 0 Å². The first-order valence-electron chi connectivity index (χ1n) is 10.1. The minimum atomic E-state index is 0. The number of halogens is 1. The second-order valence-corrected chi connectivity index (χ2v) is 7.81. The largest absolute Gasteiger partial charge is 1.00 e. The molecule has 0 unspecified atom stereocenters. The molecular weight excluding hydrogens is 422 g/mol. The molecule has 4 aromatic rings. The maximum Gasteiger partial charge on any atom is 0.213 e. The van der Waals surface area contributed by atoms with Gasteiger partial charge in [0, 0.05) is 49.6 Å². The highest BCUT2D eigenvalue weighted by molar-refractivity contribution is 6.07. The van der Waals surface area contributed by atoms with E-state index >= 15 is 0 Å². The van der Waals surface area contributed by atoms with E-state index in [2.05, 4.69) is 101 Å². The topological polar surface area (TPSA) is 10.4 Å². The zero-order chi connectivity index (χ0) is 19.1. The first-order valence-corrected chi connectivity index (χ1v) is 10.1. The zero-order valence-electron chi connectivity index (χ0n) is 17.0. The minimum absolute atomic E-state index is 0. The van der Waals surface area contributed by atoms with E-state index in [1.165, 1.54) is 38.6 Å². The SMILES string of the molecule is CN1CCN(c2ccc(-c3c4ccccc4[n+](C)c4ccccc34)cc2)CC1.[Br-]. The number of hydrogen-bond donors (Lipinski definition) is 0. The predicted molar refractivity (Wildman–Crippen MR) is 118 cm³/mol. The van der Waals surface area contributed by atoms with Gasteiger partial charge >= 0.3 is 0 Å². The number of pyridine rings is 1. The number of nitrogens with zero attached hydrogens (tertiary/aromatic N) is 3. The van der Waals surface area contributed by atoms with Crippen LogP contribution in [0.2, 0.25) is 0 Å². The lowest BCUT2D eigenvalue weighted by Gasteiger charge is -2.34. The van der Waals surface area contributed by atoms with Gasteiger partial charge in [0.25, 0.3) is 0 Å². The molecule has 0 atom stereocenters. The molecule has 0 N–H and O–H groups in total. The molecule has 1 fully saturated rings. The van der Waals surface area contributed by atoms with Gasteiger partial charge in [-0.05, 0) is 36.9 Å². The summed E-state index contributed by atoms with van der Waals surface area (Å²) >= 11 is 0. The number of para-hydroxylation sites is 2. The first kappa shape index (κ1) is 19.9. The molecule has 5 rings (SSSR count). The number of aryl methyl sites for hydroxylation is 1. The number of likely N-dealkylation sites (N-methyl/N-ethyl adjacent to an activating group) is 1. The van der Waals surface area contributed by atoms with Crippen LogP contribution in [0.25, 0.3) is 32.9 Å². The minimum Gasteiger partial charge on any atom is -1.00 e. The van der Waals surface area contributed by atoms with E-state index in [-0.39, 0.29) is 17.0 Å². The van der Waals surface area contributed by atoms with Gasteiger partial charge in [-0.3, -0.25) is 0 Å². The molecule has 0 bridgehead atoms. The fourth-order valence-electron chi connectivity index (χ4n) is 4.44. The van der Waals surface area contributed by atoms with Crippen molar-refractivity contribution in [2.24, 2.45) is 7.05 Å². The molecule has 3 aromatic carbocycles. The summed E-state index contributed by atoms with van der Waals surface area (Å²) in [5.74, 6) is 0. The van der Waals surface area contributed by atoms with Crippen molar-refractivity contribution < 1.29 is 21.5 Å². The number of piperazine rings is 1. The summed E-state index contributed by atoms with van der Waals surface area (Å²) in [5.41, 5.74) is 6.46. The summed E-state index contributed by atoms with van der Waals surface area (Å²) in [7, 11) is 4.36. The fraction of sp³-hybridized carbons (Fsp3) is 0.240. The Morgan fingerprint density at radius 1 is 0.690 bits per heavy atom. The molecule has 0 saturated carbocycles. The lowest BCUT2D eigenvalue weighted by molar-refractivity contribution is -0.617. The van der Waals surface area contributed by atoms with E-state index in [9.17, 15) is 0 Å². The Bertz CT molecular complexity index is 1090. The number of fused-ring (bicyclic) bond motifs is 2. The van der Waals surface area contributed by atoms with Crippen LogP contribution in [-0.2, 0) is 7.05 Å². The molecule has 0 aliphatic carbocycles. The lowest BCUT2D eigenvalue weighted by atomic mass is 9.95. The van der Waals surface area contributed by atoms with Crippen LogP contribution in [0, 0.1) is 0 Å². The van der Waals surface area contributed by atoms with E-state index in [1.54, 1.807) is 0 Å². The smallest absolute Gasteiger partial charge is 0.213 e. The van der Waals surface area contributed by atoms with Crippen LogP contribution in [0.15, 0.2) is 72.8 Å². The van der Waals surface area contributed by atoms with E-state index in [1.807, 2.05) is 0 Å². The monoisotopic (exact) mass is 447 g/mol. The molecule has 1 aliphatic heterocycles. The molecule has 1 saturated heterocycles. The van der Waals surface area contributed by atoms with Crippen LogP contribution < -0.4 is 26.4 Å². The number of benzene rings is 3. The van der Waals surface area contributed by atoms with E-state index in [0.717, 1.165) is 26.2 Å². The van der Waals surface area contributed by atoms with Crippen molar-refractivity contribution in [1.82, 2.24) is 4.90 Å². The van der Waals surface area contributed by atoms with Crippen LogP contribution in [0.1, 0.15) is 0 Å². The predicted octanol–water partition coefficient (Wildman–Crippen LogP) is 1.24. The van der Waals surface area contributed by atoms with Gasteiger partial charge in [-0.15, -0.1) is 0 Å². The number of hydrogen-bond acceptors (Lipinski definition) is 2. The highest BCUT2D eigenvalue weighted by Gasteiger charge is 2.19. The van der Waals surface area contributed by atoms with Crippen LogP contribution >= 0.6 is 0 Å². The maximum atomic E-state index is 2.49. The molecule has 2 heterocycles. The molecule has 4 heteroatoms. The van der Waals surface area contributed by atoms with Gasteiger partial charge < -0.3 is 26.8 Å². The second-order valence-electron chi connectivity index (χ2n) is 7.81. The third-order valence-electron chi connectivity index (χ3n) is 6.09. The Morgan fingerprint density at radius 2 is 1.21 bits per heavy atom. The average molecular weight is 448 g/mol. The van der Waals surface area contributed by atoms with Crippen molar-refractivity contribution in [3.05, 3.63) is 72.8 Å². The molecular formula is C25H26BrN3. The molecule has 29 heavy (non-hydrogen) atoms. The Kier molecular flexibility index (Phi) is 5.57. The fourth-order valence-corrected chi connectivity index (χ4v) is 4.44. The van der Waals surface area contributed by atoms with Crippen LogP contribution in [0.4, 0.5) is 5.69 Å². The second kappa shape index (κ2) is 8.13. The number of rotatable bonds is 2. The maximum absolute atomic E-state index is 2.49. The van der Waals surface area contributed by atoms with Gasteiger partial charge in [-0.2, -0.15) is 4.57 Å². The first-order chi connectivity index (χ1) is 13.7. The molecule has 3 nitrogen and oxygen atoms in total. The summed E-state index contributed by atoms with van der Waals surface area (Å²) in [5, 5.41) is 2.60. The van der Waals surface area contributed by atoms with Crippen molar-refractivity contribution in [2.45, 2.75) is 0 Å². The molecule has 1 aliphatic rings. The van der Waals surface area contributed by atoms with Crippen LogP contribution in [0.5, 0.6) is 0 Å². The van der Waals surface area contributed by atoms with Crippen molar-refractivity contribution in [3.63, 3.8) is 0 Å². The lowest BCUT2D eigenvalue weighted by Crippen LogP contribution is -3.00. The van der Waals surface area contributed by atoms with Crippen LogP contribution in [-0.4, -0.2) is 38.1 Å². The van der Waals surface area contributed by atoms with Crippen molar-refractivity contribution in [1.29, 1.82) is 0 Å². The Balaban J connectivity index is 0.00000205. The standard InChI is InChI=1S/C25H26N3.BrH/c1-26-15-17-28(18-16-26)20-13-11-19(12-14-20)25-21-7-3-5-9-23(21)27(2)24-10-6-4-8-22(24)25;/h3-14H,15-18H2,1-2H3;1H/q+1;/p-1. The Labute approximate surface area is 182 Å². The number of aromatic nitrogens is 1. The quantitative estimate of drug-likeness (QED) is 0.338. The summed E-state index contributed by atoms with van der Waals surface area (Å²) in [4.78, 5) is 4.89. The third-order valence-corrected chi connectivity index (χ3v) is 6.09. The van der Waals surface area contributed by atoms with E-state index in [4.69, 9.17) is 0 Å².